The van der Waals surface area contributed by atoms with Gasteiger partial charge in [-0.15, -0.1) is 12.3 Å². The van der Waals surface area contributed by atoms with Gasteiger partial charge < -0.3 is 0 Å². The number of benzene rings is 2. The van der Waals surface area contributed by atoms with E-state index in [9.17, 15) is 0 Å². The Kier molecular flexibility index (Phi) is 3.44. The van der Waals surface area contributed by atoms with Crippen molar-refractivity contribution in [2.24, 2.45) is 0 Å². The summed E-state index contributed by atoms with van der Waals surface area (Å²) in [4.78, 5) is 0. The van der Waals surface area contributed by atoms with Crippen LogP contribution in [0.2, 0.25) is 0 Å². The first kappa shape index (κ1) is 12.8. The van der Waals surface area contributed by atoms with Gasteiger partial charge in [0.2, 0.25) is 0 Å². The van der Waals surface area contributed by atoms with Gasteiger partial charge >= 0.3 is 0 Å². The number of rotatable bonds is 3. The summed E-state index contributed by atoms with van der Waals surface area (Å²) in [6, 6.07) is 17.4. The van der Waals surface area contributed by atoms with Crippen LogP contribution in [0.1, 0.15) is 37.3 Å². The van der Waals surface area contributed by atoms with Crippen LogP contribution in [-0.2, 0) is 0 Å². The molecule has 0 fully saturated rings. The first-order valence-electron chi connectivity index (χ1n) is 7.15. The summed E-state index contributed by atoms with van der Waals surface area (Å²) in [6.07, 6.45) is 8.35. The summed E-state index contributed by atoms with van der Waals surface area (Å²) >= 11 is 0. The predicted molar refractivity (Wildman–Crippen MR) is 86.3 cm³/mol. The third-order valence-electron chi connectivity index (χ3n) is 3.98. The van der Waals surface area contributed by atoms with Crippen molar-refractivity contribution in [2.45, 2.75) is 26.2 Å². The van der Waals surface area contributed by atoms with Crippen molar-refractivity contribution in [3.63, 3.8) is 0 Å². The fourth-order valence-electron chi connectivity index (χ4n) is 3.06. The van der Waals surface area contributed by atoms with Crippen molar-refractivity contribution in [1.29, 1.82) is 0 Å². The van der Waals surface area contributed by atoms with Crippen LogP contribution >= 0.6 is 0 Å². The van der Waals surface area contributed by atoms with Gasteiger partial charge in [0, 0.05) is 6.42 Å². The lowest BCUT2D eigenvalue weighted by Gasteiger charge is -2.08. The molecule has 0 bridgehead atoms. The number of terminal acetylenes is 1. The molecule has 0 atom stereocenters. The molecular formula is C20H18. The second-order valence-electron chi connectivity index (χ2n) is 5.30. The van der Waals surface area contributed by atoms with Crippen molar-refractivity contribution in [1.82, 2.24) is 0 Å². The van der Waals surface area contributed by atoms with Crippen LogP contribution in [-0.4, -0.2) is 0 Å². The van der Waals surface area contributed by atoms with E-state index in [1.54, 1.807) is 0 Å². The van der Waals surface area contributed by atoms with Crippen LogP contribution < -0.4 is 0 Å². The average molecular weight is 258 g/mol. The molecule has 0 radical (unpaired) electrons. The Morgan fingerprint density at radius 2 is 1.40 bits per heavy atom. The van der Waals surface area contributed by atoms with Crippen LogP contribution in [0.3, 0.4) is 0 Å². The lowest BCUT2D eigenvalue weighted by atomic mass is 9.96. The van der Waals surface area contributed by atoms with Crippen molar-refractivity contribution in [3.05, 3.63) is 65.2 Å². The van der Waals surface area contributed by atoms with Gasteiger partial charge in [-0.2, -0.15) is 0 Å². The molecular weight excluding hydrogens is 240 g/mol. The van der Waals surface area contributed by atoms with Gasteiger partial charge in [0.15, 0.2) is 0 Å². The van der Waals surface area contributed by atoms with Gasteiger partial charge in [-0.25, -0.2) is 0 Å². The van der Waals surface area contributed by atoms with Crippen LogP contribution in [0.4, 0.5) is 0 Å². The summed E-state index contributed by atoms with van der Waals surface area (Å²) in [7, 11) is 0. The van der Waals surface area contributed by atoms with E-state index in [4.69, 9.17) is 6.42 Å². The quantitative estimate of drug-likeness (QED) is 0.442. The molecule has 0 heterocycles. The highest BCUT2D eigenvalue weighted by atomic mass is 14.3. The molecule has 0 nitrogen and oxygen atoms in total. The van der Waals surface area contributed by atoms with Crippen molar-refractivity contribution in [2.75, 3.05) is 0 Å². The van der Waals surface area contributed by atoms with E-state index >= 15 is 0 Å². The molecule has 0 N–H and O–H groups in total. The maximum atomic E-state index is 5.36. The highest BCUT2D eigenvalue weighted by Gasteiger charge is 2.23. The number of hydrogen-bond acceptors (Lipinski definition) is 0. The van der Waals surface area contributed by atoms with Gasteiger partial charge in [-0.1, -0.05) is 54.1 Å². The molecule has 20 heavy (non-hydrogen) atoms. The summed E-state index contributed by atoms with van der Waals surface area (Å²) in [5.74, 6) is 2.73. The number of fused-ring (bicyclic) bond motifs is 3. The van der Waals surface area contributed by atoms with E-state index < -0.39 is 0 Å². The molecule has 2 aromatic rings. The van der Waals surface area contributed by atoms with Crippen molar-refractivity contribution < 1.29 is 0 Å². The summed E-state index contributed by atoms with van der Waals surface area (Å²) in [5.41, 5.74) is 8.30. The minimum Gasteiger partial charge on any atom is -0.120 e. The Hall–Kier alpha value is -2.26. The zero-order valence-electron chi connectivity index (χ0n) is 11.8. The standard InChI is InChI=1S/C20H18/c1-3-4-5-10-15(2)20-18-13-8-6-11-16(18)17-12-7-9-14-19(17)20/h1,6-9,11-14H,4-5,10H2,2H3. The van der Waals surface area contributed by atoms with Gasteiger partial charge in [-0.3, -0.25) is 0 Å². The van der Waals surface area contributed by atoms with Crippen LogP contribution in [0.15, 0.2) is 54.1 Å². The normalized spacial score (nSPS) is 11.7. The molecule has 98 valence electrons. The lowest BCUT2D eigenvalue weighted by Crippen LogP contribution is -1.88. The van der Waals surface area contributed by atoms with E-state index in [0.717, 1.165) is 19.3 Å². The first-order valence-corrected chi connectivity index (χ1v) is 7.15. The van der Waals surface area contributed by atoms with E-state index in [0.29, 0.717) is 0 Å². The zero-order chi connectivity index (χ0) is 13.9. The summed E-state index contributed by atoms with van der Waals surface area (Å²) in [5, 5.41) is 0. The van der Waals surface area contributed by atoms with Gasteiger partial charge in [0.05, 0.1) is 0 Å². The molecule has 3 rings (SSSR count). The van der Waals surface area contributed by atoms with Gasteiger partial charge in [0.25, 0.3) is 0 Å². The highest BCUT2D eigenvalue weighted by molar-refractivity contribution is 6.01. The second kappa shape index (κ2) is 5.39. The lowest BCUT2D eigenvalue weighted by molar-refractivity contribution is 0.849. The smallest absolute Gasteiger partial charge is 0.00891 e. The molecule has 2 aromatic carbocycles. The molecule has 0 aromatic heterocycles. The molecule has 0 spiro atoms. The Labute approximate surface area is 121 Å². The maximum absolute atomic E-state index is 5.36. The number of allylic oxidation sites excluding steroid dienone is 1. The van der Waals surface area contributed by atoms with Crippen LogP contribution in [0, 0.1) is 12.3 Å². The molecule has 0 aliphatic heterocycles. The Morgan fingerprint density at radius 1 is 0.900 bits per heavy atom. The van der Waals surface area contributed by atoms with Crippen LogP contribution in [0.5, 0.6) is 0 Å². The fourth-order valence-corrected chi connectivity index (χ4v) is 3.06. The predicted octanol–water partition coefficient (Wildman–Crippen LogP) is 5.29. The van der Waals surface area contributed by atoms with Gasteiger partial charge in [-0.05, 0) is 47.6 Å². The average Bonchev–Trinajstić information content (AvgIpc) is 2.82. The molecule has 0 amide bonds. The Morgan fingerprint density at radius 3 is 1.90 bits per heavy atom. The maximum Gasteiger partial charge on any atom is 0.00891 e. The number of hydrogen-bond donors (Lipinski definition) is 0. The van der Waals surface area contributed by atoms with Crippen molar-refractivity contribution >= 4 is 5.57 Å². The van der Waals surface area contributed by atoms with E-state index in [-0.39, 0.29) is 0 Å². The minimum atomic E-state index is 0.855. The van der Waals surface area contributed by atoms with Crippen molar-refractivity contribution in [3.8, 4) is 23.5 Å². The zero-order valence-corrected chi connectivity index (χ0v) is 11.8. The fraction of sp³-hybridized carbons (Fsp3) is 0.200. The van der Waals surface area contributed by atoms with E-state index in [1.807, 2.05) is 0 Å². The minimum absolute atomic E-state index is 0.855. The first-order chi connectivity index (χ1) is 9.83. The Bertz CT molecular complexity index is 663. The van der Waals surface area contributed by atoms with E-state index in [2.05, 4.69) is 61.4 Å². The number of unbranched alkanes of at least 4 members (excludes halogenated alkanes) is 1. The molecule has 0 saturated carbocycles. The topological polar surface area (TPSA) is 0 Å². The SMILES string of the molecule is C#CCCCC(C)=C1c2ccccc2-c2ccccc21. The largest absolute Gasteiger partial charge is 0.120 e. The third kappa shape index (κ3) is 2.06. The third-order valence-corrected chi connectivity index (χ3v) is 3.98. The second-order valence-corrected chi connectivity index (χ2v) is 5.30. The highest BCUT2D eigenvalue weighted by Crippen LogP contribution is 2.45. The molecule has 0 heteroatoms. The summed E-state index contributed by atoms with van der Waals surface area (Å²) < 4.78 is 0. The molecule has 1 aliphatic rings. The monoisotopic (exact) mass is 258 g/mol. The Balaban J connectivity index is 2.12. The van der Waals surface area contributed by atoms with Gasteiger partial charge in [0.1, 0.15) is 0 Å². The van der Waals surface area contributed by atoms with Crippen LogP contribution in [0.25, 0.3) is 16.7 Å². The molecule has 0 saturated heterocycles. The molecule has 1 aliphatic carbocycles. The molecule has 0 unspecified atom stereocenters. The van der Waals surface area contributed by atoms with E-state index in [1.165, 1.54) is 33.4 Å². The summed E-state index contributed by atoms with van der Waals surface area (Å²) in [6.45, 7) is 2.24.